The number of imidazole rings is 1. The third-order valence-electron chi connectivity index (χ3n) is 5.05. The SMILES string of the molecule is CCNC(=O)N1CC2(C1)CS(=O)(=O)[C@@H](Cn1cnc3ccccc31)CO2. The van der Waals surface area contributed by atoms with E-state index in [9.17, 15) is 13.2 Å². The molecule has 2 amide bonds. The molecule has 0 saturated carbocycles. The number of hydrogen-bond acceptors (Lipinski definition) is 5. The first-order chi connectivity index (χ1) is 12.4. The van der Waals surface area contributed by atoms with Crippen LogP contribution in [0.2, 0.25) is 0 Å². The molecule has 1 atom stereocenters. The van der Waals surface area contributed by atoms with Crippen molar-refractivity contribution in [3.8, 4) is 0 Å². The molecule has 2 aliphatic heterocycles. The summed E-state index contributed by atoms with van der Waals surface area (Å²) in [4.78, 5) is 17.7. The van der Waals surface area contributed by atoms with Crippen molar-refractivity contribution in [1.29, 1.82) is 0 Å². The van der Waals surface area contributed by atoms with Crippen LogP contribution >= 0.6 is 0 Å². The number of carbonyl (C=O) groups excluding carboxylic acids is 1. The molecule has 4 rings (SSSR count). The number of fused-ring (bicyclic) bond motifs is 1. The summed E-state index contributed by atoms with van der Waals surface area (Å²) < 4.78 is 33.4. The van der Waals surface area contributed by atoms with Crippen LogP contribution in [0.1, 0.15) is 6.92 Å². The maximum absolute atomic E-state index is 12.8. The van der Waals surface area contributed by atoms with E-state index in [-0.39, 0.29) is 18.4 Å². The van der Waals surface area contributed by atoms with Crippen LogP contribution in [0, 0.1) is 0 Å². The fraction of sp³-hybridized carbons (Fsp3) is 0.529. The zero-order valence-electron chi connectivity index (χ0n) is 14.6. The minimum absolute atomic E-state index is 0.0484. The number of nitrogens with one attached hydrogen (secondary N) is 1. The van der Waals surface area contributed by atoms with E-state index in [1.165, 1.54) is 0 Å². The molecule has 3 heterocycles. The highest BCUT2D eigenvalue weighted by Crippen LogP contribution is 2.33. The molecule has 26 heavy (non-hydrogen) atoms. The normalized spacial score (nSPS) is 23.7. The summed E-state index contributed by atoms with van der Waals surface area (Å²) in [6, 6.07) is 7.46. The van der Waals surface area contributed by atoms with Gasteiger partial charge in [-0.1, -0.05) is 12.1 Å². The molecule has 1 aromatic carbocycles. The summed E-state index contributed by atoms with van der Waals surface area (Å²) in [5, 5.41) is 2.11. The van der Waals surface area contributed by atoms with E-state index in [0.29, 0.717) is 26.2 Å². The predicted molar refractivity (Wildman–Crippen MR) is 96.6 cm³/mol. The molecule has 8 nitrogen and oxygen atoms in total. The molecule has 1 N–H and O–H groups in total. The van der Waals surface area contributed by atoms with Crippen molar-refractivity contribution in [3.63, 3.8) is 0 Å². The molecule has 2 saturated heterocycles. The summed E-state index contributed by atoms with van der Waals surface area (Å²) >= 11 is 0. The number of sulfone groups is 1. The van der Waals surface area contributed by atoms with E-state index in [1.54, 1.807) is 11.2 Å². The van der Waals surface area contributed by atoms with Gasteiger partial charge in [0.2, 0.25) is 0 Å². The number of ether oxygens (including phenoxy) is 1. The number of rotatable bonds is 3. The van der Waals surface area contributed by atoms with Crippen LogP contribution in [0.25, 0.3) is 11.0 Å². The standard InChI is InChI=1S/C17H22N4O4S/c1-2-18-16(22)21-9-17(10-21)11-26(23,24)13(8-25-17)7-20-12-19-14-5-3-4-6-15(14)20/h3-6,12-13H,2,7-11H2,1H3,(H,18,22)/t13-/m0/s1. The number of hydrogen-bond donors (Lipinski definition) is 1. The van der Waals surface area contributed by atoms with Crippen molar-refractivity contribution < 1.29 is 17.9 Å². The molecule has 0 unspecified atom stereocenters. The highest BCUT2D eigenvalue weighted by molar-refractivity contribution is 7.92. The van der Waals surface area contributed by atoms with Crippen molar-refractivity contribution in [2.45, 2.75) is 24.3 Å². The second-order valence-corrected chi connectivity index (χ2v) is 9.28. The van der Waals surface area contributed by atoms with Crippen LogP contribution in [0.15, 0.2) is 30.6 Å². The van der Waals surface area contributed by atoms with Gasteiger partial charge in [0, 0.05) is 13.1 Å². The third-order valence-corrected chi connectivity index (χ3v) is 7.28. The van der Waals surface area contributed by atoms with Gasteiger partial charge in [-0.15, -0.1) is 0 Å². The van der Waals surface area contributed by atoms with Crippen LogP contribution in [-0.2, 0) is 21.1 Å². The quantitative estimate of drug-likeness (QED) is 0.846. The van der Waals surface area contributed by atoms with E-state index in [2.05, 4.69) is 10.3 Å². The Morgan fingerprint density at radius 3 is 2.88 bits per heavy atom. The second-order valence-electron chi connectivity index (χ2n) is 7.00. The minimum Gasteiger partial charge on any atom is -0.369 e. The smallest absolute Gasteiger partial charge is 0.317 e. The first-order valence-electron chi connectivity index (χ1n) is 8.71. The molecular formula is C17H22N4O4S. The van der Waals surface area contributed by atoms with Crippen molar-refractivity contribution in [2.24, 2.45) is 0 Å². The van der Waals surface area contributed by atoms with Crippen LogP contribution in [0.3, 0.4) is 0 Å². The van der Waals surface area contributed by atoms with Gasteiger partial charge >= 0.3 is 6.03 Å². The molecule has 2 fully saturated rings. The molecule has 140 valence electrons. The van der Waals surface area contributed by atoms with Gasteiger partial charge in [-0.3, -0.25) is 0 Å². The maximum atomic E-state index is 12.8. The number of amides is 2. The zero-order chi connectivity index (χ0) is 18.4. The van der Waals surface area contributed by atoms with Crippen LogP contribution < -0.4 is 5.32 Å². The number of urea groups is 1. The van der Waals surface area contributed by atoms with E-state index < -0.39 is 20.7 Å². The van der Waals surface area contributed by atoms with Gasteiger partial charge in [-0.25, -0.2) is 18.2 Å². The number of benzene rings is 1. The second kappa shape index (κ2) is 6.24. The molecule has 1 aromatic heterocycles. The maximum Gasteiger partial charge on any atom is 0.317 e. The lowest BCUT2D eigenvalue weighted by Crippen LogP contribution is -2.71. The Morgan fingerprint density at radius 2 is 2.15 bits per heavy atom. The lowest BCUT2D eigenvalue weighted by Gasteiger charge is -2.51. The van der Waals surface area contributed by atoms with E-state index >= 15 is 0 Å². The molecular weight excluding hydrogens is 356 g/mol. The van der Waals surface area contributed by atoms with Gasteiger partial charge in [-0.05, 0) is 19.1 Å². The molecule has 2 aliphatic rings. The minimum atomic E-state index is -3.33. The monoisotopic (exact) mass is 378 g/mol. The average molecular weight is 378 g/mol. The summed E-state index contributed by atoms with van der Waals surface area (Å²) in [5.74, 6) is -0.0484. The lowest BCUT2D eigenvalue weighted by molar-refractivity contribution is -0.118. The van der Waals surface area contributed by atoms with Gasteiger partial charge < -0.3 is 19.5 Å². The Balaban J connectivity index is 1.45. The molecule has 1 spiro atoms. The van der Waals surface area contributed by atoms with Crippen molar-refractivity contribution in [2.75, 3.05) is 32.0 Å². The summed E-state index contributed by atoms with van der Waals surface area (Å²) in [5.41, 5.74) is 1.00. The van der Waals surface area contributed by atoms with Crippen LogP contribution in [-0.4, -0.2) is 71.7 Å². The fourth-order valence-corrected chi connectivity index (χ4v) is 5.58. The summed E-state index contributed by atoms with van der Waals surface area (Å²) in [6.45, 7) is 3.48. The zero-order valence-corrected chi connectivity index (χ0v) is 15.4. The summed E-state index contributed by atoms with van der Waals surface area (Å²) in [7, 11) is -3.33. The highest BCUT2D eigenvalue weighted by Gasteiger charge is 2.53. The Bertz CT molecular complexity index is 933. The highest BCUT2D eigenvalue weighted by atomic mass is 32.2. The van der Waals surface area contributed by atoms with Gasteiger partial charge in [0.15, 0.2) is 9.84 Å². The van der Waals surface area contributed by atoms with Gasteiger partial charge in [0.05, 0.1) is 42.8 Å². The Labute approximate surface area is 152 Å². The molecule has 9 heteroatoms. The van der Waals surface area contributed by atoms with E-state index in [1.807, 2.05) is 35.8 Å². The van der Waals surface area contributed by atoms with E-state index in [0.717, 1.165) is 11.0 Å². The van der Waals surface area contributed by atoms with Crippen LogP contribution in [0.4, 0.5) is 4.79 Å². The molecule has 0 radical (unpaired) electrons. The lowest BCUT2D eigenvalue weighted by atomic mass is 9.96. The van der Waals surface area contributed by atoms with Crippen molar-refractivity contribution >= 4 is 26.9 Å². The number of nitrogens with zero attached hydrogens (tertiary/aromatic N) is 3. The van der Waals surface area contributed by atoms with Gasteiger partial charge in [-0.2, -0.15) is 0 Å². The first-order valence-corrected chi connectivity index (χ1v) is 10.4. The van der Waals surface area contributed by atoms with E-state index in [4.69, 9.17) is 4.74 Å². The third kappa shape index (κ3) is 2.95. The van der Waals surface area contributed by atoms with Crippen LogP contribution in [0.5, 0.6) is 0 Å². The average Bonchev–Trinajstić information content (AvgIpc) is 2.97. The van der Waals surface area contributed by atoms with Gasteiger partial charge in [0.1, 0.15) is 10.9 Å². The Kier molecular flexibility index (Phi) is 4.15. The Morgan fingerprint density at radius 1 is 1.38 bits per heavy atom. The fourth-order valence-electron chi connectivity index (χ4n) is 3.68. The molecule has 2 aromatic rings. The van der Waals surface area contributed by atoms with Crippen molar-refractivity contribution in [3.05, 3.63) is 30.6 Å². The van der Waals surface area contributed by atoms with Crippen molar-refractivity contribution in [1.82, 2.24) is 19.8 Å². The largest absolute Gasteiger partial charge is 0.369 e. The molecule has 0 bridgehead atoms. The first kappa shape index (κ1) is 17.3. The summed E-state index contributed by atoms with van der Waals surface area (Å²) in [6.07, 6.45) is 1.67. The Hall–Kier alpha value is -2.13. The topological polar surface area (TPSA) is 93.5 Å². The molecule has 0 aliphatic carbocycles. The predicted octanol–water partition coefficient (Wildman–Crippen LogP) is 0.634. The number of likely N-dealkylation sites (tertiary alicyclic amines) is 1. The van der Waals surface area contributed by atoms with Gasteiger partial charge in [0.25, 0.3) is 0 Å². The number of carbonyl (C=O) groups is 1. The number of para-hydroxylation sites is 2. The number of aromatic nitrogens is 2.